The Labute approximate surface area is 185 Å². The summed E-state index contributed by atoms with van der Waals surface area (Å²) in [7, 11) is 0. The van der Waals surface area contributed by atoms with E-state index in [4.69, 9.17) is 16.0 Å². The standard InChI is InChI=1S/C18H10BrClF3N3O3S/c19-14-8-12(29-17(14)30-13-4-2-11(20)3-5-13)9-24-25-15-6-1-10(18(21,22)23)7-16(15)26(27)28/h1-9,25H/b24-9-. The lowest BCUT2D eigenvalue weighted by Gasteiger charge is -2.08. The number of anilines is 1. The van der Waals surface area contributed by atoms with Gasteiger partial charge in [0.05, 0.1) is 21.2 Å². The lowest BCUT2D eigenvalue weighted by Crippen LogP contribution is -2.06. The van der Waals surface area contributed by atoms with Gasteiger partial charge in [0.15, 0.2) is 5.09 Å². The maximum atomic E-state index is 12.8. The molecule has 0 aliphatic carbocycles. The van der Waals surface area contributed by atoms with Crippen molar-refractivity contribution >= 4 is 56.9 Å². The number of rotatable bonds is 6. The predicted molar refractivity (Wildman–Crippen MR) is 111 cm³/mol. The quantitative estimate of drug-likeness (QED) is 0.211. The van der Waals surface area contributed by atoms with E-state index in [1.807, 2.05) is 12.1 Å². The van der Waals surface area contributed by atoms with Crippen LogP contribution in [0.15, 0.2) is 72.5 Å². The number of hydrogen-bond acceptors (Lipinski definition) is 6. The molecular weight excluding hydrogens is 511 g/mol. The number of nitrogens with one attached hydrogen (secondary N) is 1. The summed E-state index contributed by atoms with van der Waals surface area (Å²) in [6.45, 7) is 0. The van der Waals surface area contributed by atoms with Gasteiger partial charge < -0.3 is 4.42 Å². The molecule has 0 aliphatic heterocycles. The van der Waals surface area contributed by atoms with Crippen LogP contribution in [0.4, 0.5) is 24.5 Å². The average molecular weight is 521 g/mol. The Hall–Kier alpha value is -2.50. The van der Waals surface area contributed by atoms with Gasteiger partial charge in [-0.05, 0) is 52.3 Å². The van der Waals surface area contributed by atoms with Gasteiger partial charge in [-0.3, -0.25) is 15.5 Å². The number of nitro benzene ring substituents is 1. The van der Waals surface area contributed by atoms with Gasteiger partial charge in [0.1, 0.15) is 11.4 Å². The summed E-state index contributed by atoms with van der Waals surface area (Å²) < 4.78 is 44.6. The molecular formula is C18H10BrClF3N3O3S. The highest BCUT2D eigenvalue weighted by atomic mass is 79.9. The van der Waals surface area contributed by atoms with E-state index in [0.717, 1.165) is 17.0 Å². The minimum Gasteiger partial charge on any atom is -0.447 e. The number of hydrazone groups is 1. The zero-order chi connectivity index (χ0) is 21.9. The van der Waals surface area contributed by atoms with Crippen molar-refractivity contribution < 1.29 is 22.5 Å². The molecule has 0 aliphatic rings. The number of furan rings is 1. The van der Waals surface area contributed by atoms with Gasteiger partial charge in [-0.1, -0.05) is 23.4 Å². The Balaban J connectivity index is 1.74. The lowest BCUT2D eigenvalue weighted by atomic mass is 10.1. The first-order chi connectivity index (χ1) is 14.1. The first-order valence-corrected chi connectivity index (χ1v) is 9.99. The first-order valence-electron chi connectivity index (χ1n) is 8.01. The molecule has 1 heterocycles. The highest BCUT2D eigenvalue weighted by Gasteiger charge is 2.33. The molecule has 0 spiro atoms. The molecule has 0 radical (unpaired) electrons. The van der Waals surface area contributed by atoms with Crippen molar-refractivity contribution in [2.75, 3.05) is 5.43 Å². The molecule has 2 aromatic carbocycles. The summed E-state index contributed by atoms with van der Waals surface area (Å²) in [6.07, 6.45) is -3.44. The number of nitrogens with zero attached hydrogens (tertiary/aromatic N) is 2. The van der Waals surface area contributed by atoms with Crippen molar-refractivity contribution in [3.8, 4) is 0 Å². The molecule has 0 unspecified atom stereocenters. The molecule has 3 aromatic rings. The van der Waals surface area contributed by atoms with E-state index in [2.05, 4.69) is 26.5 Å². The summed E-state index contributed by atoms with van der Waals surface area (Å²) >= 11 is 10.6. The van der Waals surface area contributed by atoms with Crippen molar-refractivity contribution in [3.63, 3.8) is 0 Å². The Kier molecular flexibility index (Phi) is 6.74. The largest absolute Gasteiger partial charge is 0.447 e. The van der Waals surface area contributed by atoms with Crippen molar-refractivity contribution in [3.05, 3.63) is 79.5 Å². The highest BCUT2D eigenvalue weighted by molar-refractivity contribution is 9.10. The second-order valence-electron chi connectivity index (χ2n) is 5.70. The number of benzene rings is 2. The molecule has 1 N–H and O–H groups in total. The third-order valence-corrected chi connectivity index (χ3v) is 5.70. The Morgan fingerprint density at radius 3 is 2.53 bits per heavy atom. The maximum Gasteiger partial charge on any atom is 0.416 e. The minimum atomic E-state index is -4.69. The number of hydrogen-bond donors (Lipinski definition) is 1. The first kappa shape index (κ1) is 22.2. The third kappa shape index (κ3) is 5.55. The SMILES string of the molecule is O=[N+]([O-])c1cc(C(F)(F)F)ccc1N/N=C\c1cc(Br)c(Sc2ccc(Cl)cc2)o1. The van der Waals surface area contributed by atoms with Crippen molar-refractivity contribution in [1.29, 1.82) is 0 Å². The van der Waals surface area contributed by atoms with Gasteiger partial charge in [-0.25, -0.2) is 0 Å². The third-order valence-electron chi connectivity index (χ3n) is 3.60. The second kappa shape index (κ2) is 9.11. The summed E-state index contributed by atoms with van der Waals surface area (Å²) in [5.41, 5.74) is 0.310. The normalized spacial score (nSPS) is 11.8. The molecule has 0 bridgehead atoms. The number of halogens is 5. The molecule has 30 heavy (non-hydrogen) atoms. The molecule has 1 aromatic heterocycles. The average Bonchev–Trinajstić information content (AvgIpc) is 3.02. The fourth-order valence-corrected chi connectivity index (χ4v) is 3.69. The smallest absolute Gasteiger partial charge is 0.416 e. The number of nitro groups is 1. The van der Waals surface area contributed by atoms with Gasteiger partial charge in [0, 0.05) is 22.1 Å². The summed E-state index contributed by atoms with van der Waals surface area (Å²) in [5, 5.41) is 16.1. The van der Waals surface area contributed by atoms with E-state index in [0.29, 0.717) is 26.4 Å². The zero-order valence-electron chi connectivity index (χ0n) is 14.6. The fourth-order valence-electron chi connectivity index (χ4n) is 2.23. The van der Waals surface area contributed by atoms with Crippen LogP contribution in [0.5, 0.6) is 0 Å². The Morgan fingerprint density at radius 1 is 1.20 bits per heavy atom. The van der Waals surface area contributed by atoms with Crippen LogP contribution < -0.4 is 5.43 Å². The highest BCUT2D eigenvalue weighted by Crippen LogP contribution is 2.37. The Morgan fingerprint density at radius 2 is 1.90 bits per heavy atom. The van der Waals surface area contributed by atoms with E-state index in [-0.39, 0.29) is 5.69 Å². The predicted octanol–water partition coefficient (Wildman–Crippen LogP) is 7.22. The molecule has 6 nitrogen and oxygen atoms in total. The molecule has 0 atom stereocenters. The fraction of sp³-hybridized carbons (Fsp3) is 0.0556. The van der Waals surface area contributed by atoms with Crippen LogP contribution in [-0.2, 0) is 6.18 Å². The summed E-state index contributed by atoms with van der Waals surface area (Å²) in [5.74, 6) is 0.320. The van der Waals surface area contributed by atoms with Gasteiger partial charge in [-0.2, -0.15) is 18.3 Å². The van der Waals surface area contributed by atoms with Crippen molar-refractivity contribution in [2.24, 2.45) is 5.10 Å². The van der Waals surface area contributed by atoms with E-state index >= 15 is 0 Å². The topological polar surface area (TPSA) is 80.7 Å². The molecule has 0 amide bonds. The van der Waals surface area contributed by atoms with Crippen LogP contribution in [0, 0.1) is 10.1 Å². The van der Waals surface area contributed by atoms with Crippen molar-refractivity contribution in [2.45, 2.75) is 16.2 Å². The van der Waals surface area contributed by atoms with E-state index in [1.54, 1.807) is 18.2 Å². The summed E-state index contributed by atoms with van der Waals surface area (Å²) in [6, 6.07) is 10.9. The Bertz CT molecular complexity index is 1100. The van der Waals surface area contributed by atoms with Crippen LogP contribution in [0.2, 0.25) is 5.02 Å². The van der Waals surface area contributed by atoms with Gasteiger partial charge in [0.25, 0.3) is 5.69 Å². The van der Waals surface area contributed by atoms with Crippen LogP contribution in [0.1, 0.15) is 11.3 Å². The maximum absolute atomic E-state index is 12.8. The van der Waals surface area contributed by atoms with Crippen LogP contribution in [0.3, 0.4) is 0 Å². The number of alkyl halides is 3. The monoisotopic (exact) mass is 519 g/mol. The molecule has 0 saturated carbocycles. The molecule has 3 rings (SSSR count). The van der Waals surface area contributed by atoms with Crippen LogP contribution >= 0.6 is 39.3 Å². The minimum absolute atomic E-state index is 0.189. The lowest BCUT2D eigenvalue weighted by molar-refractivity contribution is -0.384. The molecule has 156 valence electrons. The van der Waals surface area contributed by atoms with Gasteiger partial charge >= 0.3 is 6.18 Å². The molecule has 0 fully saturated rings. The van der Waals surface area contributed by atoms with Crippen LogP contribution in [-0.4, -0.2) is 11.1 Å². The summed E-state index contributed by atoms with van der Waals surface area (Å²) in [4.78, 5) is 11.1. The van der Waals surface area contributed by atoms with Gasteiger partial charge in [0.2, 0.25) is 0 Å². The van der Waals surface area contributed by atoms with Gasteiger partial charge in [-0.15, -0.1) is 0 Å². The molecule has 12 heteroatoms. The van der Waals surface area contributed by atoms with E-state index in [1.165, 1.54) is 18.0 Å². The van der Waals surface area contributed by atoms with E-state index < -0.39 is 22.4 Å². The zero-order valence-corrected chi connectivity index (χ0v) is 17.8. The molecule has 0 saturated heterocycles. The van der Waals surface area contributed by atoms with Crippen molar-refractivity contribution in [1.82, 2.24) is 0 Å². The van der Waals surface area contributed by atoms with E-state index in [9.17, 15) is 23.3 Å². The van der Waals surface area contributed by atoms with Crippen LogP contribution in [0.25, 0.3) is 0 Å². The second-order valence-corrected chi connectivity index (χ2v) is 8.03.